The molecular formula is C17H25Cl2NOS. The zero-order valence-corrected chi connectivity index (χ0v) is 15.6. The van der Waals surface area contributed by atoms with Gasteiger partial charge in [-0.1, -0.05) is 35.7 Å². The summed E-state index contributed by atoms with van der Waals surface area (Å²) < 4.78 is 0. The molecule has 1 aromatic carbocycles. The lowest BCUT2D eigenvalue weighted by molar-refractivity contribution is 0.0455. The van der Waals surface area contributed by atoms with Crippen LogP contribution >= 0.6 is 35.0 Å². The van der Waals surface area contributed by atoms with Gasteiger partial charge < -0.3 is 10.0 Å². The SMILES string of the molecule is CN(C)CCCSCC(O)C1(c2ccc(Cl)c(Cl)c2)CCC1. The van der Waals surface area contributed by atoms with Gasteiger partial charge in [-0.25, -0.2) is 0 Å². The molecule has 5 heteroatoms. The van der Waals surface area contributed by atoms with E-state index in [2.05, 4.69) is 19.0 Å². The molecule has 0 saturated heterocycles. The monoisotopic (exact) mass is 361 g/mol. The number of benzene rings is 1. The predicted molar refractivity (Wildman–Crippen MR) is 98.5 cm³/mol. The third-order valence-electron chi connectivity index (χ3n) is 4.55. The first kappa shape index (κ1) is 18.4. The van der Waals surface area contributed by atoms with Crippen molar-refractivity contribution in [2.45, 2.75) is 37.2 Å². The average Bonchev–Trinajstić information content (AvgIpc) is 2.41. The largest absolute Gasteiger partial charge is 0.391 e. The van der Waals surface area contributed by atoms with Gasteiger partial charge in [0.1, 0.15) is 0 Å². The average molecular weight is 362 g/mol. The Hall–Kier alpha value is 0.0700. The molecule has 1 atom stereocenters. The molecule has 0 radical (unpaired) electrons. The number of hydrogen-bond acceptors (Lipinski definition) is 3. The molecule has 1 N–H and O–H groups in total. The van der Waals surface area contributed by atoms with Crippen molar-refractivity contribution in [2.75, 3.05) is 32.1 Å². The number of hydrogen-bond donors (Lipinski definition) is 1. The van der Waals surface area contributed by atoms with E-state index in [1.54, 1.807) is 0 Å². The van der Waals surface area contributed by atoms with Crippen molar-refractivity contribution in [3.63, 3.8) is 0 Å². The summed E-state index contributed by atoms with van der Waals surface area (Å²) in [5, 5.41) is 11.9. The van der Waals surface area contributed by atoms with E-state index in [-0.39, 0.29) is 11.5 Å². The Morgan fingerprint density at radius 1 is 1.27 bits per heavy atom. The number of rotatable bonds is 8. The molecule has 0 heterocycles. The summed E-state index contributed by atoms with van der Waals surface area (Å²) in [7, 11) is 4.18. The highest BCUT2D eigenvalue weighted by molar-refractivity contribution is 7.99. The number of nitrogens with zero attached hydrogens (tertiary/aromatic N) is 1. The van der Waals surface area contributed by atoms with Gasteiger partial charge in [-0.2, -0.15) is 11.8 Å². The first-order chi connectivity index (χ1) is 10.5. The summed E-state index contributed by atoms with van der Waals surface area (Å²) in [6.45, 7) is 1.10. The highest BCUT2D eigenvalue weighted by Gasteiger charge is 2.44. The van der Waals surface area contributed by atoms with E-state index in [0.717, 1.165) is 42.9 Å². The lowest BCUT2D eigenvalue weighted by Gasteiger charge is -2.46. The predicted octanol–water partition coefficient (Wildman–Crippen LogP) is 4.46. The van der Waals surface area contributed by atoms with Gasteiger partial charge in [0.2, 0.25) is 0 Å². The first-order valence-corrected chi connectivity index (χ1v) is 9.73. The molecule has 1 fully saturated rings. The number of aliphatic hydroxyl groups excluding tert-OH is 1. The van der Waals surface area contributed by atoms with E-state index < -0.39 is 0 Å². The van der Waals surface area contributed by atoms with Crippen molar-refractivity contribution in [3.8, 4) is 0 Å². The van der Waals surface area contributed by atoms with Gasteiger partial charge >= 0.3 is 0 Å². The second-order valence-electron chi connectivity index (χ2n) is 6.39. The highest BCUT2D eigenvalue weighted by Crippen LogP contribution is 2.48. The Balaban J connectivity index is 1.93. The maximum absolute atomic E-state index is 10.7. The van der Waals surface area contributed by atoms with Gasteiger partial charge in [0.05, 0.1) is 16.1 Å². The van der Waals surface area contributed by atoms with Crippen molar-refractivity contribution in [1.82, 2.24) is 4.90 Å². The minimum Gasteiger partial charge on any atom is -0.391 e. The lowest BCUT2D eigenvalue weighted by Crippen LogP contribution is -2.46. The Kier molecular flexibility index (Phi) is 6.91. The Morgan fingerprint density at radius 2 is 2.00 bits per heavy atom. The van der Waals surface area contributed by atoms with Gasteiger partial charge in [0.25, 0.3) is 0 Å². The van der Waals surface area contributed by atoms with Crippen molar-refractivity contribution in [1.29, 1.82) is 0 Å². The Bertz CT molecular complexity index is 492. The van der Waals surface area contributed by atoms with Crippen molar-refractivity contribution in [3.05, 3.63) is 33.8 Å². The first-order valence-electron chi connectivity index (χ1n) is 7.82. The lowest BCUT2D eigenvalue weighted by atomic mass is 9.61. The van der Waals surface area contributed by atoms with Crippen LogP contribution in [-0.4, -0.2) is 48.3 Å². The van der Waals surface area contributed by atoms with Crippen molar-refractivity contribution < 1.29 is 5.11 Å². The van der Waals surface area contributed by atoms with Gasteiger partial charge in [-0.3, -0.25) is 0 Å². The topological polar surface area (TPSA) is 23.5 Å². The maximum Gasteiger partial charge on any atom is 0.0727 e. The van der Waals surface area contributed by atoms with Gasteiger partial charge in [0, 0.05) is 11.2 Å². The second kappa shape index (κ2) is 8.25. The molecule has 2 nitrogen and oxygen atoms in total. The molecule has 1 aliphatic carbocycles. The minimum absolute atomic E-state index is 0.122. The molecule has 1 saturated carbocycles. The quantitative estimate of drug-likeness (QED) is 0.691. The molecule has 0 spiro atoms. The van der Waals surface area contributed by atoms with Crippen molar-refractivity contribution >= 4 is 35.0 Å². The van der Waals surface area contributed by atoms with E-state index in [1.165, 1.54) is 6.42 Å². The molecule has 2 rings (SSSR count). The Morgan fingerprint density at radius 3 is 2.55 bits per heavy atom. The van der Waals surface area contributed by atoms with E-state index in [9.17, 15) is 5.11 Å². The van der Waals surface area contributed by atoms with Crippen LogP contribution in [0.1, 0.15) is 31.2 Å². The third kappa shape index (κ3) is 4.33. The molecule has 0 aliphatic heterocycles. The van der Waals surface area contributed by atoms with Crippen LogP contribution in [-0.2, 0) is 5.41 Å². The van der Waals surface area contributed by atoms with E-state index >= 15 is 0 Å². The zero-order chi connectivity index (χ0) is 16.2. The number of aliphatic hydroxyl groups is 1. The highest BCUT2D eigenvalue weighted by atomic mass is 35.5. The summed E-state index contributed by atoms with van der Waals surface area (Å²) in [6.07, 6.45) is 4.07. The summed E-state index contributed by atoms with van der Waals surface area (Å²) in [4.78, 5) is 2.19. The van der Waals surface area contributed by atoms with Gasteiger partial charge in [-0.05, 0) is 63.4 Å². The molecule has 0 aromatic heterocycles. The van der Waals surface area contributed by atoms with Crippen LogP contribution in [0, 0.1) is 0 Å². The minimum atomic E-state index is -0.317. The van der Waals surface area contributed by atoms with Crippen LogP contribution in [0.3, 0.4) is 0 Å². The molecule has 1 unspecified atom stereocenters. The van der Waals surface area contributed by atoms with E-state index in [4.69, 9.17) is 23.2 Å². The second-order valence-corrected chi connectivity index (χ2v) is 8.35. The number of thioether (sulfide) groups is 1. The molecule has 1 aromatic rings. The van der Waals surface area contributed by atoms with Crippen LogP contribution in [0.2, 0.25) is 10.0 Å². The molecule has 1 aliphatic rings. The molecule has 124 valence electrons. The molecular weight excluding hydrogens is 337 g/mol. The van der Waals surface area contributed by atoms with E-state index in [1.807, 2.05) is 30.0 Å². The maximum atomic E-state index is 10.7. The Labute approximate surface area is 148 Å². The fraction of sp³-hybridized carbons (Fsp3) is 0.647. The van der Waals surface area contributed by atoms with Crippen LogP contribution in [0.15, 0.2) is 18.2 Å². The summed E-state index contributed by atoms with van der Waals surface area (Å²) in [5.41, 5.74) is 1.01. The smallest absolute Gasteiger partial charge is 0.0727 e. The number of halogens is 2. The fourth-order valence-electron chi connectivity index (χ4n) is 3.02. The summed E-state index contributed by atoms with van der Waals surface area (Å²) >= 11 is 14.0. The third-order valence-corrected chi connectivity index (χ3v) is 6.42. The van der Waals surface area contributed by atoms with Crippen LogP contribution in [0.25, 0.3) is 0 Å². The molecule has 22 heavy (non-hydrogen) atoms. The molecule has 0 amide bonds. The summed E-state index contributed by atoms with van der Waals surface area (Å²) in [6, 6.07) is 5.80. The van der Waals surface area contributed by atoms with Crippen LogP contribution in [0.4, 0.5) is 0 Å². The van der Waals surface area contributed by atoms with Gasteiger partial charge in [-0.15, -0.1) is 0 Å². The standard InChI is InChI=1S/C17H25Cl2NOS/c1-20(2)9-4-10-22-12-16(21)17(7-3-8-17)13-5-6-14(18)15(19)11-13/h5-6,11,16,21H,3-4,7-10,12H2,1-2H3. The van der Waals surface area contributed by atoms with Crippen LogP contribution in [0.5, 0.6) is 0 Å². The summed E-state index contributed by atoms with van der Waals surface area (Å²) in [5.74, 6) is 1.88. The van der Waals surface area contributed by atoms with Crippen LogP contribution < -0.4 is 0 Å². The fourth-order valence-corrected chi connectivity index (χ4v) is 4.36. The van der Waals surface area contributed by atoms with Gasteiger partial charge in [0.15, 0.2) is 0 Å². The van der Waals surface area contributed by atoms with Crippen molar-refractivity contribution in [2.24, 2.45) is 0 Å². The normalized spacial score (nSPS) is 18.3. The zero-order valence-electron chi connectivity index (χ0n) is 13.3. The van der Waals surface area contributed by atoms with E-state index in [0.29, 0.717) is 10.0 Å². The molecule has 0 bridgehead atoms.